The number of alkyl halides is 3. The number of nitrogens with one attached hydrogen (secondary N) is 8. The van der Waals surface area contributed by atoms with Crippen molar-refractivity contribution in [1.82, 2.24) is 61.8 Å². The molecule has 6 aromatic rings. The van der Waals surface area contributed by atoms with Crippen LogP contribution in [0.4, 0.5) is 33.9 Å². The standard InChI is InChI=1S/C55H83N17O21S3.C18H14F4N2O4S/c1-20-33(69-46(72-44(20)58)25(12-31(57)76)64-13-24(56)45(59)82)50(86)71-35(41(26-14-61-19-65-26)91-54-43(39(80)37(78)29(15-73)90-54)92-53-40(81)42(93-55(60)88)38(79)30(16-74)89-53)51(87)66-22(3)36(77)21(2)47(83)70-34(23(4)75)49(85)63-10-8-32-67-28(18-94-32)52-68-27(17-95-52)48(84)62-9-7-11-96(5)6;1-17(26,10-29(27,28)14-6-3-12(19)4-7-14)16(25)24-13-5-2-11(9-23)15(8-13)18(20,21)22/h14,17-19,21-25,29-30,34-43,53-54,64,73-75,77-81H,7-13,15-16,56H2,1-6H3,(H13-,57,58,59,60,61,62,63,65,66,69,70,71,72,76,82,83,84,85,86,87,88);2-8,26H,10H2,1H3,(H,24,25)/p+1/t21-,22+,23+,24-,25-,29-,30-,34-,35-,36-,37-,38-,39+,40-,41-,42+,43-,53-,54-;17-/m00/s1. The van der Waals surface area contributed by atoms with Gasteiger partial charge in [0.2, 0.25) is 29.5 Å². The largest absolute Gasteiger partial charge is 0.441 e. The van der Waals surface area contributed by atoms with Crippen LogP contribution in [0.3, 0.4) is 0 Å². The fraction of sp³-hybridized carbons (Fsp3) is 0.521. The summed E-state index contributed by atoms with van der Waals surface area (Å²) in [6.45, 7) is 4.05. The minimum Gasteiger partial charge on any atom is -0.441 e. The van der Waals surface area contributed by atoms with Gasteiger partial charge in [-0.3, -0.25) is 38.4 Å². The van der Waals surface area contributed by atoms with Gasteiger partial charge >= 0.3 is 12.3 Å². The number of benzene rings is 2. The van der Waals surface area contributed by atoms with Crippen LogP contribution in [-0.2, 0) is 85.8 Å². The number of aromatic nitrogens is 6. The lowest BCUT2D eigenvalue weighted by Gasteiger charge is -2.47. The van der Waals surface area contributed by atoms with Gasteiger partial charge in [0.25, 0.3) is 17.7 Å². The lowest BCUT2D eigenvalue weighted by Crippen LogP contribution is -2.65. The molecule has 4 aromatic heterocycles. The van der Waals surface area contributed by atoms with Crippen molar-refractivity contribution in [3.63, 3.8) is 0 Å². The summed E-state index contributed by atoms with van der Waals surface area (Å²) in [5.41, 5.74) is 23.2. The molecule has 44 nitrogen and oxygen atoms in total. The molecule has 2 aliphatic rings. The van der Waals surface area contributed by atoms with Gasteiger partial charge in [0.05, 0.1) is 113 Å². The second-order valence-electron chi connectivity index (χ2n) is 29.1. The normalized spacial score (nSPS) is 21.7. The second kappa shape index (κ2) is 45.2. The number of aromatic amines is 1. The highest BCUT2D eigenvalue weighted by atomic mass is 32.2. The summed E-state index contributed by atoms with van der Waals surface area (Å²) in [6.07, 6.45) is -24.8. The topological polar surface area (TPSA) is 734 Å². The number of aliphatic hydroxyl groups excluding tert-OH is 8. The summed E-state index contributed by atoms with van der Waals surface area (Å²) < 4.78 is 105. The quantitative estimate of drug-likeness (QED) is 0.00743. The molecule has 0 aliphatic carbocycles. The van der Waals surface area contributed by atoms with Crippen LogP contribution in [0.25, 0.3) is 10.7 Å². The molecule has 9 amide bonds. The number of hydrogen-bond donors (Lipinski definition) is 22. The zero-order valence-electron chi connectivity index (χ0n) is 67.7. The summed E-state index contributed by atoms with van der Waals surface area (Å²) in [4.78, 5) is 143. The fourth-order valence-electron chi connectivity index (χ4n) is 12.2. The lowest BCUT2D eigenvalue weighted by molar-refractivity contribution is -0.372. The minimum atomic E-state index is -4.86. The van der Waals surface area contributed by atoms with Gasteiger partial charge in [-0.1, -0.05) is 6.92 Å². The van der Waals surface area contributed by atoms with E-state index in [2.05, 4.69) is 74.3 Å². The lowest BCUT2D eigenvalue weighted by atomic mass is 9.96. The van der Waals surface area contributed by atoms with Crippen molar-refractivity contribution in [2.75, 3.05) is 67.9 Å². The highest BCUT2D eigenvalue weighted by molar-refractivity contribution is 7.95. The van der Waals surface area contributed by atoms with E-state index in [1.165, 1.54) is 56.4 Å². The average Bonchev–Trinajstić information content (AvgIpc) is 1.05. The number of halogens is 4. The number of imidazole rings is 1. The Kier molecular flexibility index (Phi) is 36.9. The molecule has 2 fully saturated rings. The molecule has 0 saturated carbocycles. The zero-order valence-corrected chi connectivity index (χ0v) is 70.9. The predicted octanol–water partition coefficient (Wildman–Crippen LogP) is -4.82. The van der Waals surface area contributed by atoms with E-state index in [-0.39, 0.29) is 75.5 Å². The number of carbonyl (C=O) groups is 9. The molecule has 0 radical (unpaired) electrons. The highest BCUT2D eigenvalue weighted by Crippen LogP contribution is 2.37. The van der Waals surface area contributed by atoms with Gasteiger partial charge in [0, 0.05) is 60.9 Å². The number of thiazole rings is 2. The van der Waals surface area contributed by atoms with Gasteiger partial charge in [-0.05, 0) is 81.1 Å². The number of rotatable bonds is 40. The van der Waals surface area contributed by atoms with Gasteiger partial charge in [0.15, 0.2) is 34.1 Å². The maximum atomic E-state index is 15.2. The molecular weight excluding hydrogens is 1750 g/mol. The number of nitrogens with zero attached hydrogens (tertiary/aromatic N) is 6. The number of ether oxygens (including phenoxy) is 5. The van der Waals surface area contributed by atoms with Crippen molar-refractivity contribution in [2.24, 2.45) is 28.9 Å². The highest BCUT2D eigenvalue weighted by Gasteiger charge is 2.54. The molecule has 0 spiro atoms. The van der Waals surface area contributed by atoms with Gasteiger partial charge in [-0.15, -0.1) is 22.7 Å². The number of primary amides is 3. The number of nitriles is 1. The zero-order chi connectivity index (χ0) is 93.0. The Labute approximate surface area is 720 Å². The van der Waals surface area contributed by atoms with E-state index < -0.39 is 233 Å². The number of H-pyrrole nitrogens is 1. The Morgan fingerprint density at radius 1 is 0.800 bits per heavy atom. The molecule has 20 atom stereocenters. The van der Waals surface area contributed by atoms with Crippen LogP contribution in [0.15, 0.2) is 70.6 Å². The van der Waals surface area contributed by atoms with Crippen molar-refractivity contribution < 1.29 is 139 Å². The summed E-state index contributed by atoms with van der Waals surface area (Å²) >= 11 is 2.52. The monoisotopic (exact) mass is 1840 g/mol. The summed E-state index contributed by atoms with van der Waals surface area (Å²) in [6, 6.07) is -0.443. The molecule has 2 saturated heterocycles. The molecule has 27 N–H and O–H groups in total. The number of anilines is 2. The van der Waals surface area contributed by atoms with Gasteiger partial charge in [0.1, 0.15) is 106 Å². The van der Waals surface area contributed by atoms with Crippen molar-refractivity contribution in [2.45, 2.75) is 180 Å². The smallest absolute Gasteiger partial charge is 0.417 e. The van der Waals surface area contributed by atoms with Crippen LogP contribution in [0.5, 0.6) is 0 Å². The van der Waals surface area contributed by atoms with Crippen molar-refractivity contribution in [3.05, 3.63) is 116 Å². The minimum absolute atomic E-state index is 0.00498. The van der Waals surface area contributed by atoms with E-state index in [4.69, 9.17) is 57.6 Å². The summed E-state index contributed by atoms with van der Waals surface area (Å²) in [5.74, 6) is -10.7. The summed E-state index contributed by atoms with van der Waals surface area (Å²) in [7, 11) is -3.96. The first kappa shape index (κ1) is 102. The SMILES string of the molecule is C[C@](O)(CS(=O)(=O)c1ccc(F)cc1)C(=O)Nc1ccc(C#N)c(C(F)(F)F)c1.Cc1c(N)nc([C@H](CC(N)=O)NC[C@H](N)C(N)=O)nc1C(=O)N[C@H](C(=O)N[C@H](C)[C@@H](O)[C@H](C)C(=O)N[C@H](C(=O)NCCc1nc(-c2nc(C(=O)NCCC[S+](C)C)cs2)cs1)[C@@H](C)O)[C@@H](O[C@@H]1O[C@@H](CO)[C@H](O)[C@@H](O)[C@@H]1O[C@@H]1O[C@@H](CO)[C@H](O)[C@@H](OC(N)=O)[C@@H]1O)c1cnc[nH]1. The van der Waals surface area contributed by atoms with Crippen LogP contribution in [0, 0.1) is 30.0 Å². The Hall–Kier alpha value is -10.3. The molecular formula is C73H98F4N19O25S4+. The van der Waals surface area contributed by atoms with Crippen LogP contribution in [0.2, 0.25) is 0 Å². The molecule has 125 heavy (non-hydrogen) atoms. The number of carbonyl (C=O) groups excluding carboxylic acids is 9. The van der Waals surface area contributed by atoms with Gasteiger partial charge < -0.3 is 141 Å². The van der Waals surface area contributed by atoms with E-state index in [1.54, 1.807) is 10.8 Å². The van der Waals surface area contributed by atoms with Crippen LogP contribution in [-0.4, -0.2) is 298 Å². The van der Waals surface area contributed by atoms with E-state index in [0.29, 0.717) is 28.3 Å². The van der Waals surface area contributed by atoms with Crippen molar-refractivity contribution in [1.29, 1.82) is 5.26 Å². The number of amides is 9. The average molecular weight is 1850 g/mol. The summed E-state index contributed by atoms with van der Waals surface area (Å²) in [5, 5.41) is 129. The number of sulfone groups is 1. The predicted molar refractivity (Wildman–Crippen MR) is 433 cm³/mol. The van der Waals surface area contributed by atoms with Crippen molar-refractivity contribution >= 4 is 108 Å². The maximum absolute atomic E-state index is 15.2. The van der Waals surface area contributed by atoms with E-state index in [9.17, 15) is 110 Å². The van der Waals surface area contributed by atoms with E-state index in [0.717, 1.165) is 68.0 Å². The third kappa shape index (κ3) is 27.9. The molecule has 6 heterocycles. The fourth-order valence-corrected chi connectivity index (χ4v) is 16.1. The van der Waals surface area contributed by atoms with Gasteiger partial charge in [-0.2, -0.15) is 18.4 Å². The third-order valence-electron chi connectivity index (χ3n) is 19.1. The number of nitrogen functional groups attached to an aromatic ring is 1. The molecule has 8 rings (SSSR count). The molecule has 52 heteroatoms. The molecule has 0 bridgehead atoms. The Bertz CT molecular complexity index is 4880. The first-order chi connectivity index (χ1) is 58.6. The van der Waals surface area contributed by atoms with E-state index in [1.807, 2.05) is 5.32 Å². The Morgan fingerprint density at radius 3 is 2.06 bits per heavy atom. The van der Waals surface area contributed by atoms with Crippen LogP contribution in [0.1, 0.15) is 107 Å². The maximum Gasteiger partial charge on any atom is 0.417 e. The van der Waals surface area contributed by atoms with Gasteiger partial charge in [-0.25, -0.2) is 42.5 Å². The Morgan fingerprint density at radius 2 is 1.46 bits per heavy atom. The van der Waals surface area contributed by atoms with E-state index >= 15 is 4.79 Å². The van der Waals surface area contributed by atoms with Crippen LogP contribution < -0.4 is 65.9 Å². The molecule has 2 aromatic carbocycles. The number of nitrogens with two attached hydrogens (primary N) is 5. The van der Waals surface area contributed by atoms with Crippen molar-refractivity contribution in [3.8, 4) is 16.8 Å². The Balaban J connectivity index is 0.000000621. The third-order valence-corrected chi connectivity index (χ3v) is 23.9. The molecule has 0 unspecified atom stereocenters. The second-order valence-corrected chi connectivity index (χ2v) is 35.3. The number of hydrogen-bond acceptors (Lipinski definition) is 36. The molecule has 686 valence electrons. The van der Waals surface area contributed by atoms with Crippen LogP contribution >= 0.6 is 22.7 Å². The molecule has 2 aliphatic heterocycles. The first-order valence-electron chi connectivity index (χ1n) is 37.7. The number of aliphatic hydroxyl groups is 9. The first-order valence-corrected chi connectivity index (χ1v) is 43.4.